The Hall–Kier alpha value is 0. The molecule has 2 aliphatic carbocycles. The molecule has 0 saturated heterocycles. The Morgan fingerprint density at radius 2 is 1.42 bits per heavy atom. The molecule has 1 spiro atoms. The summed E-state index contributed by atoms with van der Waals surface area (Å²) in [5.74, 6) is 1.05. The van der Waals surface area contributed by atoms with Crippen LogP contribution in [0.1, 0.15) is 65.7 Å². The molecule has 2 aliphatic rings. The molecule has 0 bridgehead atoms. The summed E-state index contributed by atoms with van der Waals surface area (Å²) in [6, 6.07) is 0. The van der Waals surface area contributed by atoms with Crippen molar-refractivity contribution in [1.29, 1.82) is 0 Å². The lowest BCUT2D eigenvalue weighted by molar-refractivity contribution is 0.0244. The zero-order valence-electron chi connectivity index (χ0n) is 9.03. The fourth-order valence-electron chi connectivity index (χ4n) is 3.13. The summed E-state index contributed by atoms with van der Waals surface area (Å²) < 4.78 is 0. The van der Waals surface area contributed by atoms with Gasteiger partial charge in [-0.05, 0) is 37.0 Å². The van der Waals surface area contributed by atoms with Gasteiger partial charge in [-0.25, -0.2) is 0 Å². The van der Waals surface area contributed by atoms with E-state index in [1.54, 1.807) is 25.7 Å². The van der Waals surface area contributed by atoms with E-state index in [1.807, 2.05) is 13.8 Å². The van der Waals surface area contributed by atoms with Crippen LogP contribution in [0.15, 0.2) is 0 Å². The van der Waals surface area contributed by atoms with Gasteiger partial charge in [0.1, 0.15) is 0 Å². The molecule has 0 aliphatic heterocycles. The second-order valence-electron chi connectivity index (χ2n) is 4.57. The van der Waals surface area contributed by atoms with Crippen molar-refractivity contribution in [3.05, 3.63) is 0 Å². The van der Waals surface area contributed by atoms with E-state index in [-0.39, 0.29) is 0 Å². The standard InChI is InChI=1S/C10H18.C2H6/c1-9-7-10(8-9)5-3-2-4-6-10;1-2/h9H,2-8H2,1H3;1-2H3. The van der Waals surface area contributed by atoms with Crippen molar-refractivity contribution in [2.45, 2.75) is 65.7 Å². The average molecular weight is 168 g/mol. The van der Waals surface area contributed by atoms with E-state index in [0.717, 1.165) is 11.3 Å². The summed E-state index contributed by atoms with van der Waals surface area (Å²) in [7, 11) is 0. The van der Waals surface area contributed by atoms with Crippen LogP contribution in [0.25, 0.3) is 0 Å². The highest BCUT2D eigenvalue weighted by Crippen LogP contribution is 2.54. The molecular formula is C12H24. The lowest BCUT2D eigenvalue weighted by atomic mass is 9.56. The molecule has 72 valence electrons. The highest BCUT2D eigenvalue weighted by atomic mass is 14.5. The second-order valence-corrected chi connectivity index (χ2v) is 4.57. The van der Waals surface area contributed by atoms with Gasteiger partial charge < -0.3 is 0 Å². The molecular weight excluding hydrogens is 144 g/mol. The normalized spacial score (nSPS) is 27.2. The van der Waals surface area contributed by atoms with E-state index in [0.29, 0.717) is 0 Å². The van der Waals surface area contributed by atoms with Crippen molar-refractivity contribution in [2.24, 2.45) is 11.3 Å². The second kappa shape index (κ2) is 4.30. The van der Waals surface area contributed by atoms with Crippen LogP contribution < -0.4 is 0 Å². The highest BCUT2D eigenvalue weighted by Gasteiger charge is 2.41. The van der Waals surface area contributed by atoms with Gasteiger partial charge in [-0.15, -0.1) is 0 Å². The number of rotatable bonds is 0. The van der Waals surface area contributed by atoms with E-state index in [4.69, 9.17) is 0 Å². The molecule has 12 heavy (non-hydrogen) atoms. The van der Waals surface area contributed by atoms with Crippen LogP contribution in [0.4, 0.5) is 0 Å². The van der Waals surface area contributed by atoms with E-state index >= 15 is 0 Å². The van der Waals surface area contributed by atoms with E-state index in [2.05, 4.69) is 6.92 Å². The Bertz CT molecular complexity index is 104. The number of hydrogen-bond donors (Lipinski definition) is 0. The Balaban J connectivity index is 0.000000336. The Kier molecular flexibility index (Phi) is 3.61. The molecule has 0 heteroatoms. The maximum Gasteiger partial charge on any atom is -0.0292 e. The molecule has 0 nitrogen and oxygen atoms in total. The van der Waals surface area contributed by atoms with Crippen molar-refractivity contribution < 1.29 is 0 Å². The minimum absolute atomic E-state index is 0.873. The zero-order valence-corrected chi connectivity index (χ0v) is 9.03. The van der Waals surface area contributed by atoms with Crippen molar-refractivity contribution in [3.8, 4) is 0 Å². The van der Waals surface area contributed by atoms with E-state index in [9.17, 15) is 0 Å². The van der Waals surface area contributed by atoms with Gasteiger partial charge in [-0.3, -0.25) is 0 Å². The molecule has 0 aromatic carbocycles. The molecule has 0 aromatic heterocycles. The Morgan fingerprint density at radius 1 is 0.917 bits per heavy atom. The minimum atomic E-state index is 0.873. The Morgan fingerprint density at radius 3 is 1.83 bits per heavy atom. The van der Waals surface area contributed by atoms with Gasteiger partial charge in [0, 0.05) is 0 Å². The van der Waals surface area contributed by atoms with Crippen LogP contribution in [0.3, 0.4) is 0 Å². The van der Waals surface area contributed by atoms with Gasteiger partial charge in [0.2, 0.25) is 0 Å². The first kappa shape index (κ1) is 10.1. The molecule has 0 radical (unpaired) electrons. The summed E-state index contributed by atoms with van der Waals surface area (Å²) in [6.45, 7) is 6.40. The molecule has 0 atom stereocenters. The van der Waals surface area contributed by atoms with Crippen LogP contribution in [-0.2, 0) is 0 Å². The zero-order chi connectivity index (χ0) is 9.03. The summed E-state index contributed by atoms with van der Waals surface area (Å²) in [4.78, 5) is 0. The molecule has 0 amide bonds. The smallest absolute Gasteiger partial charge is 0.0292 e. The van der Waals surface area contributed by atoms with Crippen LogP contribution in [0.2, 0.25) is 0 Å². The minimum Gasteiger partial charge on any atom is -0.0683 e. The molecule has 0 unspecified atom stereocenters. The van der Waals surface area contributed by atoms with Crippen LogP contribution >= 0.6 is 0 Å². The lowest BCUT2D eigenvalue weighted by Crippen LogP contribution is -2.37. The average Bonchev–Trinajstić information content (AvgIpc) is 2.08. The lowest BCUT2D eigenvalue weighted by Gasteiger charge is -2.49. The Labute approximate surface area is 77.7 Å². The largest absolute Gasteiger partial charge is 0.0683 e. The SMILES string of the molecule is CC.CC1CC2(CCCCC2)C1. The van der Waals surface area contributed by atoms with Crippen molar-refractivity contribution in [3.63, 3.8) is 0 Å². The predicted molar refractivity (Wildman–Crippen MR) is 55.3 cm³/mol. The van der Waals surface area contributed by atoms with Crippen LogP contribution in [0, 0.1) is 11.3 Å². The van der Waals surface area contributed by atoms with Crippen molar-refractivity contribution in [1.82, 2.24) is 0 Å². The van der Waals surface area contributed by atoms with Crippen molar-refractivity contribution >= 4 is 0 Å². The third-order valence-electron chi connectivity index (χ3n) is 3.48. The summed E-state index contributed by atoms with van der Waals surface area (Å²) in [5, 5.41) is 0. The van der Waals surface area contributed by atoms with E-state index < -0.39 is 0 Å². The third kappa shape index (κ3) is 2.02. The summed E-state index contributed by atoms with van der Waals surface area (Å²) >= 11 is 0. The predicted octanol–water partition coefficient (Wildman–Crippen LogP) is 4.39. The molecule has 0 N–H and O–H groups in total. The number of hydrogen-bond acceptors (Lipinski definition) is 0. The van der Waals surface area contributed by atoms with Crippen LogP contribution in [-0.4, -0.2) is 0 Å². The molecule has 2 rings (SSSR count). The van der Waals surface area contributed by atoms with Gasteiger partial charge in [0.15, 0.2) is 0 Å². The first-order valence-electron chi connectivity index (χ1n) is 5.81. The monoisotopic (exact) mass is 168 g/mol. The molecule has 2 fully saturated rings. The van der Waals surface area contributed by atoms with Crippen molar-refractivity contribution in [2.75, 3.05) is 0 Å². The summed E-state index contributed by atoms with van der Waals surface area (Å²) in [5.41, 5.74) is 0.873. The van der Waals surface area contributed by atoms with Gasteiger partial charge in [-0.2, -0.15) is 0 Å². The van der Waals surface area contributed by atoms with Crippen LogP contribution in [0.5, 0.6) is 0 Å². The topological polar surface area (TPSA) is 0 Å². The first-order valence-corrected chi connectivity index (χ1v) is 5.81. The molecule has 0 heterocycles. The fraction of sp³-hybridized carbons (Fsp3) is 1.00. The van der Waals surface area contributed by atoms with Gasteiger partial charge >= 0.3 is 0 Å². The maximum atomic E-state index is 2.40. The highest BCUT2D eigenvalue weighted by molar-refractivity contribution is 4.93. The van der Waals surface area contributed by atoms with Gasteiger partial charge in [0.25, 0.3) is 0 Å². The third-order valence-corrected chi connectivity index (χ3v) is 3.48. The maximum absolute atomic E-state index is 2.40. The van der Waals surface area contributed by atoms with Gasteiger partial charge in [-0.1, -0.05) is 40.0 Å². The first-order chi connectivity index (χ1) is 5.81. The molecule has 0 aromatic rings. The quantitative estimate of drug-likeness (QED) is 0.503. The van der Waals surface area contributed by atoms with Gasteiger partial charge in [0.05, 0.1) is 0 Å². The molecule has 2 saturated carbocycles. The van der Waals surface area contributed by atoms with E-state index in [1.165, 1.54) is 19.3 Å². The fourth-order valence-corrected chi connectivity index (χ4v) is 3.13. The summed E-state index contributed by atoms with van der Waals surface area (Å²) in [6.07, 6.45) is 10.8.